The van der Waals surface area contributed by atoms with Crippen molar-refractivity contribution in [1.82, 2.24) is 15.0 Å². The Morgan fingerprint density at radius 3 is 2.50 bits per heavy atom. The maximum atomic E-state index is 9.12. The summed E-state index contributed by atoms with van der Waals surface area (Å²) in [6, 6.07) is 9.42. The predicted molar refractivity (Wildman–Crippen MR) is 69.8 cm³/mol. The van der Waals surface area contributed by atoms with Crippen molar-refractivity contribution in [3.63, 3.8) is 0 Å². The second-order valence-corrected chi connectivity index (χ2v) is 3.81. The number of hydrogen-bond donors (Lipinski definition) is 2. The van der Waals surface area contributed by atoms with Gasteiger partial charge in [0.1, 0.15) is 0 Å². The van der Waals surface area contributed by atoms with E-state index in [9.17, 15) is 0 Å². The molecule has 0 saturated carbocycles. The average Bonchev–Trinajstić information content (AvgIpc) is 2.36. The summed E-state index contributed by atoms with van der Waals surface area (Å²) in [5.74, 6) is 0.358. The monoisotopic (exact) mass is 265 g/mol. The van der Waals surface area contributed by atoms with E-state index in [0.29, 0.717) is 12.5 Å². The van der Waals surface area contributed by atoms with Crippen LogP contribution in [0.5, 0.6) is 0 Å². The van der Waals surface area contributed by atoms with Crippen LogP contribution in [-0.2, 0) is 0 Å². The molecule has 1 aromatic heterocycles. The summed E-state index contributed by atoms with van der Waals surface area (Å²) in [6.07, 6.45) is 0. The molecule has 94 valence electrons. The lowest BCUT2D eigenvalue weighted by molar-refractivity contribution is 0.305. The number of nitrogen functional groups attached to an aromatic ring is 1. The minimum absolute atomic E-state index is 0.0244. The molecular weight excluding hydrogens is 254 g/mol. The summed E-state index contributed by atoms with van der Waals surface area (Å²) in [6.45, 7) is 0.294. The van der Waals surface area contributed by atoms with Crippen LogP contribution in [0.1, 0.15) is 0 Å². The van der Waals surface area contributed by atoms with Gasteiger partial charge in [-0.15, -0.1) is 0 Å². The van der Waals surface area contributed by atoms with Gasteiger partial charge in [-0.25, -0.2) is 0 Å². The van der Waals surface area contributed by atoms with Gasteiger partial charge in [0.25, 0.3) is 0 Å². The minimum atomic E-state index is -0.0436. The van der Waals surface area contributed by atoms with Crippen LogP contribution in [0.3, 0.4) is 0 Å². The zero-order valence-corrected chi connectivity index (χ0v) is 10.2. The van der Waals surface area contributed by atoms with Crippen molar-refractivity contribution < 1.29 is 5.11 Å². The molecule has 0 amide bonds. The van der Waals surface area contributed by atoms with Gasteiger partial charge in [-0.3, -0.25) is 0 Å². The van der Waals surface area contributed by atoms with E-state index < -0.39 is 0 Å². The number of nitrogens with zero attached hydrogens (tertiary/aromatic N) is 4. The van der Waals surface area contributed by atoms with Crippen molar-refractivity contribution in [3.05, 3.63) is 35.6 Å². The van der Waals surface area contributed by atoms with Gasteiger partial charge in [-0.1, -0.05) is 18.2 Å². The van der Waals surface area contributed by atoms with Gasteiger partial charge in [0, 0.05) is 12.2 Å². The Kier molecular flexibility index (Phi) is 3.91. The highest BCUT2D eigenvalue weighted by atomic mass is 35.5. The van der Waals surface area contributed by atoms with Crippen molar-refractivity contribution in [3.8, 4) is 0 Å². The number of aromatic nitrogens is 3. The van der Waals surface area contributed by atoms with Gasteiger partial charge in [0.15, 0.2) is 0 Å². The summed E-state index contributed by atoms with van der Waals surface area (Å²) < 4.78 is 0. The second kappa shape index (κ2) is 5.61. The molecule has 3 N–H and O–H groups in total. The fraction of sp³-hybridized carbons (Fsp3) is 0.182. The molecule has 18 heavy (non-hydrogen) atoms. The first kappa shape index (κ1) is 12.5. The lowest BCUT2D eigenvalue weighted by atomic mass is 10.3. The first-order valence-corrected chi connectivity index (χ1v) is 5.69. The third-order valence-electron chi connectivity index (χ3n) is 2.25. The molecule has 0 atom stereocenters. The van der Waals surface area contributed by atoms with Crippen LogP contribution in [0.2, 0.25) is 5.28 Å². The van der Waals surface area contributed by atoms with Crippen LogP contribution in [0, 0.1) is 0 Å². The van der Waals surface area contributed by atoms with Crippen LogP contribution in [0.15, 0.2) is 30.3 Å². The number of aliphatic hydroxyl groups excluding tert-OH is 1. The maximum Gasteiger partial charge on any atom is 0.236 e. The minimum Gasteiger partial charge on any atom is -0.395 e. The van der Waals surface area contributed by atoms with Crippen molar-refractivity contribution in [2.24, 2.45) is 0 Å². The Balaban J connectivity index is 2.41. The molecule has 2 aromatic rings. The van der Waals surface area contributed by atoms with Gasteiger partial charge in [-0.05, 0) is 23.7 Å². The smallest absolute Gasteiger partial charge is 0.236 e. The Morgan fingerprint density at radius 1 is 1.17 bits per heavy atom. The summed E-state index contributed by atoms with van der Waals surface area (Å²) in [5.41, 5.74) is 6.38. The van der Waals surface area contributed by atoms with Crippen LogP contribution in [-0.4, -0.2) is 33.2 Å². The number of rotatable bonds is 4. The molecule has 0 unspecified atom stereocenters. The number of para-hydroxylation sites is 1. The van der Waals surface area contributed by atoms with E-state index >= 15 is 0 Å². The lowest BCUT2D eigenvalue weighted by Crippen LogP contribution is -2.24. The van der Waals surface area contributed by atoms with Crippen molar-refractivity contribution in [2.75, 3.05) is 23.8 Å². The molecule has 0 radical (unpaired) electrons. The largest absolute Gasteiger partial charge is 0.395 e. The van der Waals surface area contributed by atoms with Crippen LogP contribution >= 0.6 is 11.6 Å². The average molecular weight is 266 g/mol. The number of nitrogens with two attached hydrogens (primary N) is 1. The summed E-state index contributed by atoms with van der Waals surface area (Å²) >= 11 is 5.75. The highest BCUT2D eigenvalue weighted by Gasteiger charge is 2.13. The molecule has 2 rings (SSSR count). The van der Waals surface area contributed by atoms with E-state index in [2.05, 4.69) is 15.0 Å². The molecule has 7 heteroatoms. The van der Waals surface area contributed by atoms with E-state index in [0.717, 1.165) is 5.69 Å². The molecule has 6 nitrogen and oxygen atoms in total. The van der Waals surface area contributed by atoms with Gasteiger partial charge >= 0.3 is 0 Å². The van der Waals surface area contributed by atoms with Gasteiger partial charge in [-0.2, -0.15) is 15.0 Å². The third kappa shape index (κ3) is 2.85. The standard InChI is InChI=1S/C11H12ClN5O/c12-9-14-10(13)16-11(15-9)17(6-7-18)8-4-2-1-3-5-8/h1-5,18H,6-7H2,(H2,13,14,15,16). The summed E-state index contributed by atoms with van der Waals surface area (Å²) in [7, 11) is 0. The molecule has 1 aromatic carbocycles. The number of anilines is 3. The van der Waals surface area contributed by atoms with E-state index in [1.165, 1.54) is 0 Å². The summed E-state index contributed by atoms with van der Waals surface area (Å²) in [5, 5.41) is 9.15. The molecule has 0 saturated heterocycles. The molecule has 0 spiro atoms. The first-order chi connectivity index (χ1) is 8.70. The Morgan fingerprint density at radius 2 is 1.89 bits per heavy atom. The van der Waals surface area contributed by atoms with E-state index in [4.69, 9.17) is 22.4 Å². The van der Waals surface area contributed by atoms with Crippen molar-refractivity contribution >= 4 is 29.2 Å². The van der Waals surface area contributed by atoms with Crippen LogP contribution in [0.25, 0.3) is 0 Å². The molecule has 0 fully saturated rings. The molecular formula is C11H12ClN5O. The number of benzene rings is 1. The van der Waals surface area contributed by atoms with Crippen LogP contribution < -0.4 is 10.6 Å². The molecule has 0 aliphatic carbocycles. The van der Waals surface area contributed by atoms with Gasteiger partial charge in [0.2, 0.25) is 17.2 Å². The Bertz CT molecular complexity index is 502. The Hall–Kier alpha value is -1.92. The zero-order chi connectivity index (χ0) is 13.0. The van der Waals surface area contributed by atoms with E-state index in [1.807, 2.05) is 30.3 Å². The molecule has 1 heterocycles. The third-order valence-corrected chi connectivity index (χ3v) is 2.42. The Labute approximate surface area is 109 Å². The fourth-order valence-electron chi connectivity index (χ4n) is 1.53. The molecule has 0 bridgehead atoms. The van der Waals surface area contributed by atoms with E-state index in [1.54, 1.807) is 4.90 Å². The second-order valence-electron chi connectivity index (χ2n) is 3.47. The zero-order valence-electron chi connectivity index (χ0n) is 9.49. The number of halogens is 1. The van der Waals surface area contributed by atoms with Crippen molar-refractivity contribution in [1.29, 1.82) is 0 Å². The van der Waals surface area contributed by atoms with E-state index in [-0.39, 0.29) is 17.8 Å². The van der Waals surface area contributed by atoms with Crippen molar-refractivity contribution in [2.45, 2.75) is 0 Å². The number of aliphatic hydroxyl groups is 1. The quantitative estimate of drug-likeness (QED) is 0.865. The van der Waals surface area contributed by atoms with Crippen LogP contribution in [0.4, 0.5) is 17.6 Å². The molecule has 0 aliphatic rings. The van der Waals surface area contributed by atoms with Gasteiger partial charge in [0.05, 0.1) is 6.61 Å². The summed E-state index contributed by atoms with van der Waals surface area (Å²) in [4.78, 5) is 13.4. The predicted octanol–water partition coefficient (Wildman–Crippen LogP) is 1.24. The SMILES string of the molecule is Nc1nc(Cl)nc(N(CCO)c2ccccc2)n1. The normalized spacial score (nSPS) is 10.3. The number of hydrogen-bond acceptors (Lipinski definition) is 6. The molecule has 0 aliphatic heterocycles. The maximum absolute atomic E-state index is 9.12. The highest BCUT2D eigenvalue weighted by molar-refractivity contribution is 6.28. The topological polar surface area (TPSA) is 88.2 Å². The highest BCUT2D eigenvalue weighted by Crippen LogP contribution is 2.22. The van der Waals surface area contributed by atoms with Gasteiger partial charge < -0.3 is 15.7 Å². The fourth-order valence-corrected chi connectivity index (χ4v) is 1.69. The first-order valence-electron chi connectivity index (χ1n) is 5.31. The lowest BCUT2D eigenvalue weighted by Gasteiger charge is -2.21.